The summed E-state index contributed by atoms with van der Waals surface area (Å²) >= 11 is 0. The molecule has 0 saturated heterocycles. The van der Waals surface area contributed by atoms with Gasteiger partial charge in [0.05, 0.1) is 6.61 Å². The van der Waals surface area contributed by atoms with E-state index in [9.17, 15) is 0 Å². The van der Waals surface area contributed by atoms with Crippen LogP contribution in [-0.4, -0.2) is 31.7 Å². The highest BCUT2D eigenvalue weighted by Gasteiger charge is 2.29. The normalized spacial score (nSPS) is 13.7. The maximum absolute atomic E-state index is 8.81. The van der Waals surface area contributed by atoms with E-state index in [0.717, 1.165) is 25.7 Å². The first-order valence-corrected chi connectivity index (χ1v) is 7.57. The second kappa shape index (κ2) is 9.72. The fourth-order valence-electron chi connectivity index (χ4n) is 2.43. The van der Waals surface area contributed by atoms with Crippen molar-refractivity contribution in [1.82, 2.24) is 0 Å². The quantitative estimate of drug-likeness (QED) is 0.529. The van der Waals surface area contributed by atoms with Gasteiger partial charge in [-0.1, -0.05) is 49.4 Å². The van der Waals surface area contributed by atoms with Crippen molar-refractivity contribution in [3.05, 3.63) is 48.0 Å². The van der Waals surface area contributed by atoms with E-state index in [1.807, 2.05) is 12.1 Å². The largest absolute Gasteiger partial charge is 0.392 e. The molecule has 0 aliphatic rings. The molecule has 3 nitrogen and oxygen atoms in total. The first-order valence-electron chi connectivity index (χ1n) is 7.57. The van der Waals surface area contributed by atoms with E-state index in [1.165, 1.54) is 5.56 Å². The van der Waals surface area contributed by atoms with Crippen LogP contribution in [0.3, 0.4) is 0 Å². The van der Waals surface area contributed by atoms with E-state index in [1.54, 1.807) is 20.3 Å². The van der Waals surface area contributed by atoms with Crippen molar-refractivity contribution in [2.45, 2.75) is 38.4 Å². The second-order valence-electron chi connectivity index (χ2n) is 5.43. The van der Waals surface area contributed by atoms with Crippen molar-refractivity contribution >= 4 is 0 Å². The van der Waals surface area contributed by atoms with E-state index in [-0.39, 0.29) is 6.61 Å². The molecule has 3 heteroatoms. The third kappa shape index (κ3) is 6.42. The standard InChI is InChI=1S/C18H28O3/c1-16(8-7-15-19)11-13-18(20-2,21-3)14-12-17-9-5-4-6-10-17/h4-10,16,19H,11-15H2,1-3H3/b8-7+. The molecular formula is C18H28O3. The van der Waals surface area contributed by atoms with Crippen LogP contribution >= 0.6 is 0 Å². The minimum absolute atomic E-state index is 0.0953. The molecule has 1 aromatic carbocycles. The number of methoxy groups -OCH3 is 2. The predicted molar refractivity (Wildman–Crippen MR) is 86.1 cm³/mol. The number of ether oxygens (including phenoxy) is 2. The molecule has 118 valence electrons. The summed E-state index contributed by atoms with van der Waals surface area (Å²) in [5.41, 5.74) is 1.30. The Labute approximate surface area is 128 Å². The second-order valence-corrected chi connectivity index (χ2v) is 5.43. The summed E-state index contributed by atoms with van der Waals surface area (Å²) in [7, 11) is 3.42. The molecule has 0 radical (unpaired) electrons. The van der Waals surface area contributed by atoms with E-state index in [4.69, 9.17) is 14.6 Å². The smallest absolute Gasteiger partial charge is 0.167 e. The lowest BCUT2D eigenvalue weighted by Gasteiger charge is -2.32. The van der Waals surface area contributed by atoms with Crippen LogP contribution in [0.4, 0.5) is 0 Å². The SMILES string of the molecule is COC(CCc1ccccc1)(CCC(C)/C=C/CO)OC. The number of aliphatic hydroxyl groups is 1. The number of aliphatic hydroxyl groups excluding tert-OH is 1. The first kappa shape index (κ1) is 17.9. The Kier molecular flexibility index (Phi) is 8.28. The lowest BCUT2D eigenvalue weighted by Crippen LogP contribution is -2.34. The van der Waals surface area contributed by atoms with Crippen LogP contribution in [-0.2, 0) is 15.9 Å². The summed E-state index contributed by atoms with van der Waals surface area (Å²) in [6.45, 7) is 2.23. The summed E-state index contributed by atoms with van der Waals surface area (Å²) in [6, 6.07) is 10.4. The lowest BCUT2D eigenvalue weighted by molar-refractivity contribution is -0.215. The average molecular weight is 292 g/mol. The maximum Gasteiger partial charge on any atom is 0.167 e. The topological polar surface area (TPSA) is 38.7 Å². The summed E-state index contributed by atoms with van der Waals surface area (Å²) in [5, 5.41) is 8.81. The van der Waals surface area contributed by atoms with E-state index in [0.29, 0.717) is 5.92 Å². The summed E-state index contributed by atoms with van der Waals surface area (Å²) in [4.78, 5) is 0. The van der Waals surface area contributed by atoms with Crippen LogP contribution in [0.2, 0.25) is 0 Å². The number of hydrogen-bond acceptors (Lipinski definition) is 3. The van der Waals surface area contributed by atoms with Gasteiger partial charge < -0.3 is 14.6 Å². The summed E-state index contributed by atoms with van der Waals surface area (Å²) in [5.74, 6) is -0.129. The molecule has 1 atom stereocenters. The first-order chi connectivity index (χ1) is 10.2. The highest BCUT2D eigenvalue weighted by Crippen LogP contribution is 2.27. The third-order valence-corrected chi connectivity index (χ3v) is 3.93. The maximum atomic E-state index is 8.81. The molecule has 1 unspecified atom stereocenters. The van der Waals surface area contributed by atoms with Gasteiger partial charge in [-0.15, -0.1) is 0 Å². The Morgan fingerprint density at radius 3 is 2.38 bits per heavy atom. The zero-order chi connectivity index (χ0) is 15.6. The molecule has 0 aliphatic heterocycles. The van der Waals surface area contributed by atoms with Crippen LogP contribution in [0.5, 0.6) is 0 Å². The Bertz CT molecular complexity index is 396. The number of benzene rings is 1. The minimum atomic E-state index is -0.531. The molecular weight excluding hydrogens is 264 g/mol. The van der Waals surface area contributed by atoms with Crippen molar-refractivity contribution in [1.29, 1.82) is 0 Å². The number of allylic oxidation sites excluding steroid dienone is 1. The molecule has 0 aromatic heterocycles. The highest BCUT2D eigenvalue weighted by atomic mass is 16.7. The van der Waals surface area contributed by atoms with Crippen LogP contribution in [0.25, 0.3) is 0 Å². The number of rotatable bonds is 10. The predicted octanol–water partition coefficient (Wildman–Crippen LogP) is 3.57. The molecule has 0 bridgehead atoms. The van der Waals surface area contributed by atoms with Crippen LogP contribution in [0.1, 0.15) is 31.7 Å². The van der Waals surface area contributed by atoms with E-state index >= 15 is 0 Å². The van der Waals surface area contributed by atoms with Crippen LogP contribution in [0, 0.1) is 5.92 Å². The van der Waals surface area contributed by atoms with Crippen LogP contribution < -0.4 is 0 Å². The van der Waals surface area contributed by atoms with Gasteiger partial charge in [-0.05, 0) is 24.3 Å². The van der Waals surface area contributed by atoms with Gasteiger partial charge in [-0.2, -0.15) is 0 Å². The number of aryl methyl sites for hydroxylation is 1. The molecule has 1 rings (SSSR count). The average Bonchev–Trinajstić information content (AvgIpc) is 2.54. The van der Waals surface area contributed by atoms with Crippen molar-refractivity contribution in [3.63, 3.8) is 0 Å². The van der Waals surface area contributed by atoms with Crippen molar-refractivity contribution < 1.29 is 14.6 Å². The Morgan fingerprint density at radius 1 is 1.14 bits per heavy atom. The lowest BCUT2D eigenvalue weighted by atomic mass is 9.95. The molecule has 1 aromatic rings. The fourth-order valence-corrected chi connectivity index (χ4v) is 2.43. The van der Waals surface area contributed by atoms with Gasteiger partial charge in [-0.3, -0.25) is 0 Å². The van der Waals surface area contributed by atoms with Gasteiger partial charge in [0.25, 0.3) is 0 Å². The molecule has 0 aliphatic carbocycles. The molecule has 21 heavy (non-hydrogen) atoms. The molecule has 1 N–H and O–H groups in total. The molecule has 0 amide bonds. The summed E-state index contributed by atoms with van der Waals surface area (Å²) < 4.78 is 11.3. The zero-order valence-corrected chi connectivity index (χ0v) is 13.4. The molecule has 0 heterocycles. The number of hydrogen-bond donors (Lipinski definition) is 1. The molecule has 0 spiro atoms. The van der Waals surface area contributed by atoms with Gasteiger partial charge in [0.1, 0.15) is 0 Å². The Hall–Kier alpha value is -1.16. The van der Waals surface area contributed by atoms with Gasteiger partial charge in [0, 0.05) is 27.1 Å². The van der Waals surface area contributed by atoms with E-state index < -0.39 is 5.79 Å². The van der Waals surface area contributed by atoms with Gasteiger partial charge in [-0.25, -0.2) is 0 Å². The van der Waals surface area contributed by atoms with Gasteiger partial charge >= 0.3 is 0 Å². The highest BCUT2D eigenvalue weighted by molar-refractivity contribution is 5.14. The van der Waals surface area contributed by atoms with Gasteiger partial charge in [0.15, 0.2) is 5.79 Å². The van der Waals surface area contributed by atoms with Gasteiger partial charge in [0.2, 0.25) is 0 Å². The Morgan fingerprint density at radius 2 is 1.81 bits per heavy atom. The monoisotopic (exact) mass is 292 g/mol. The van der Waals surface area contributed by atoms with Crippen LogP contribution in [0.15, 0.2) is 42.5 Å². The van der Waals surface area contributed by atoms with Crippen molar-refractivity contribution in [2.24, 2.45) is 5.92 Å². The Balaban J connectivity index is 2.54. The minimum Gasteiger partial charge on any atom is -0.392 e. The summed E-state index contributed by atoms with van der Waals surface area (Å²) in [6.07, 6.45) is 7.39. The zero-order valence-electron chi connectivity index (χ0n) is 13.4. The fraction of sp³-hybridized carbons (Fsp3) is 0.556. The van der Waals surface area contributed by atoms with Crippen molar-refractivity contribution in [2.75, 3.05) is 20.8 Å². The molecule has 0 saturated carbocycles. The third-order valence-electron chi connectivity index (χ3n) is 3.93. The van der Waals surface area contributed by atoms with E-state index in [2.05, 4.69) is 31.2 Å². The van der Waals surface area contributed by atoms with Crippen molar-refractivity contribution in [3.8, 4) is 0 Å². The molecule has 0 fully saturated rings.